The van der Waals surface area contributed by atoms with Gasteiger partial charge in [-0.1, -0.05) is 0 Å². The minimum absolute atomic E-state index is 0.0327. The minimum atomic E-state index is -1.36. The third-order valence-electron chi connectivity index (χ3n) is 2.71. The zero-order chi connectivity index (χ0) is 11.3. The smallest absolute Gasteiger partial charge is 0.224 e. The lowest BCUT2D eigenvalue weighted by Crippen LogP contribution is -2.62. The number of ether oxygens (including phenoxy) is 3. The van der Waals surface area contributed by atoms with Crippen LogP contribution in [0.25, 0.3) is 0 Å². The second kappa shape index (κ2) is 3.38. The molecule has 2 saturated heterocycles. The van der Waals surface area contributed by atoms with E-state index < -0.39 is 29.9 Å². The van der Waals surface area contributed by atoms with Crippen molar-refractivity contribution in [2.24, 2.45) is 0 Å². The van der Waals surface area contributed by atoms with E-state index in [1.807, 2.05) is 0 Å². The van der Waals surface area contributed by atoms with Crippen LogP contribution in [0.1, 0.15) is 13.8 Å². The first-order chi connectivity index (χ1) is 6.86. The highest BCUT2D eigenvalue weighted by Crippen LogP contribution is 2.38. The average molecular weight is 220 g/mol. The fourth-order valence-electron chi connectivity index (χ4n) is 1.85. The molecule has 0 saturated carbocycles. The lowest BCUT2D eigenvalue weighted by Gasteiger charge is -2.41. The zero-order valence-electron chi connectivity index (χ0n) is 8.71. The lowest BCUT2D eigenvalue weighted by atomic mass is 9.97. The van der Waals surface area contributed by atoms with Crippen molar-refractivity contribution in [3.63, 3.8) is 0 Å². The molecule has 4 atom stereocenters. The maximum Gasteiger partial charge on any atom is 0.224 e. The van der Waals surface area contributed by atoms with Crippen LogP contribution in [-0.4, -0.2) is 58.4 Å². The van der Waals surface area contributed by atoms with Crippen molar-refractivity contribution in [1.82, 2.24) is 0 Å². The largest absolute Gasteiger partial charge is 0.388 e. The van der Waals surface area contributed by atoms with Crippen molar-refractivity contribution in [2.75, 3.05) is 13.2 Å². The Bertz CT molecular complexity index is 255. The molecule has 88 valence electrons. The van der Waals surface area contributed by atoms with Crippen LogP contribution in [0, 0.1) is 0 Å². The van der Waals surface area contributed by atoms with Crippen molar-refractivity contribution >= 4 is 0 Å². The first-order valence-electron chi connectivity index (χ1n) is 4.89. The predicted octanol–water partition coefficient (Wildman–Crippen LogP) is -1.42. The summed E-state index contributed by atoms with van der Waals surface area (Å²) in [7, 11) is 0. The molecule has 2 rings (SSSR count). The van der Waals surface area contributed by atoms with Crippen LogP contribution in [0.2, 0.25) is 0 Å². The third kappa shape index (κ3) is 1.77. The van der Waals surface area contributed by atoms with Crippen LogP contribution >= 0.6 is 0 Å². The van der Waals surface area contributed by atoms with Gasteiger partial charge in [0.15, 0.2) is 5.79 Å². The van der Waals surface area contributed by atoms with E-state index in [9.17, 15) is 15.3 Å². The Balaban J connectivity index is 2.16. The molecule has 15 heavy (non-hydrogen) atoms. The number of hydrogen-bond acceptors (Lipinski definition) is 6. The summed E-state index contributed by atoms with van der Waals surface area (Å²) in [4.78, 5) is 0. The number of aliphatic hydroxyl groups excluding tert-OH is 3. The maximum atomic E-state index is 9.79. The van der Waals surface area contributed by atoms with Gasteiger partial charge in [-0.05, 0) is 13.8 Å². The van der Waals surface area contributed by atoms with Crippen LogP contribution in [0.4, 0.5) is 0 Å². The fraction of sp³-hybridized carbons (Fsp3) is 1.00. The van der Waals surface area contributed by atoms with Crippen molar-refractivity contribution < 1.29 is 29.5 Å². The molecular formula is C9H16O6. The van der Waals surface area contributed by atoms with Gasteiger partial charge in [0.2, 0.25) is 5.79 Å². The standard InChI is InChI=1S/C9H16O6/c1-8(2)14-4-9(15-8)7(12)6(11)5(10)3-13-9/h5-7,10-12H,3-4H2,1-2H3/t5-,6-,7+,9-/m0/s1. The quantitative estimate of drug-likeness (QED) is 0.464. The molecule has 1 spiro atoms. The van der Waals surface area contributed by atoms with Gasteiger partial charge in [-0.15, -0.1) is 0 Å². The molecule has 0 bridgehead atoms. The van der Waals surface area contributed by atoms with E-state index in [2.05, 4.69) is 0 Å². The molecular weight excluding hydrogens is 204 g/mol. The van der Waals surface area contributed by atoms with Gasteiger partial charge < -0.3 is 29.5 Å². The molecule has 0 unspecified atom stereocenters. The number of rotatable bonds is 0. The van der Waals surface area contributed by atoms with Gasteiger partial charge in [0.25, 0.3) is 0 Å². The highest BCUT2D eigenvalue weighted by atomic mass is 16.8. The van der Waals surface area contributed by atoms with E-state index in [0.717, 1.165) is 0 Å². The SMILES string of the molecule is CC1(C)OC[C@]2(OC[C@H](O)[C@H](O)[C@H]2O)O1. The second-order valence-electron chi connectivity index (χ2n) is 4.42. The van der Waals surface area contributed by atoms with Gasteiger partial charge in [-0.2, -0.15) is 0 Å². The van der Waals surface area contributed by atoms with E-state index >= 15 is 0 Å². The van der Waals surface area contributed by atoms with Crippen LogP contribution in [0.15, 0.2) is 0 Å². The molecule has 6 heteroatoms. The highest BCUT2D eigenvalue weighted by molar-refractivity contribution is 4.96. The topological polar surface area (TPSA) is 88.4 Å². The monoisotopic (exact) mass is 220 g/mol. The highest BCUT2D eigenvalue weighted by Gasteiger charge is 2.57. The Morgan fingerprint density at radius 3 is 2.33 bits per heavy atom. The first kappa shape index (κ1) is 11.3. The summed E-state index contributed by atoms with van der Waals surface area (Å²) in [6.07, 6.45) is -3.70. The Hall–Kier alpha value is -0.240. The van der Waals surface area contributed by atoms with Gasteiger partial charge in [-0.3, -0.25) is 0 Å². The number of aliphatic hydroxyl groups is 3. The average Bonchev–Trinajstić information content (AvgIpc) is 2.47. The Kier molecular flexibility index (Phi) is 2.53. The molecule has 6 nitrogen and oxygen atoms in total. The maximum absolute atomic E-state index is 9.79. The van der Waals surface area contributed by atoms with Gasteiger partial charge >= 0.3 is 0 Å². The predicted molar refractivity (Wildman–Crippen MR) is 47.8 cm³/mol. The van der Waals surface area contributed by atoms with Crippen LogP contribution in [-0.2, 0) is 14.2 Å². The molecule has 0 aromatic carbocycles. The van der Waals surface area contributed by atoms with Crippen molar-refractivity contribution in [3.05, 3.63) is 0 Å². The van der Waals surface area contributed by atoms with Crippen molar-refractivity contribution in [2.45, 2.75) is 43.7 Å². The van der Waals surface area contributed by atoms with Gasteiger partial charge in [-0.25, -0.2) is 0 Å². The summed E-state index contributed by atoms with van der Waals surface area (Å²) < 4.78 is 16.0. The van der Waals surface area contributed by atoms with Crippen LogP contribution in [0.3, 0.4) is 0 Å². The Labute approximate surface area is 87.4 Å². The zero-order valence-corrected chi connectivity index (χ0v) is 8.71. The van der Waals surface area contributed by atoms with Crippen LogP contribution in [0.5, 0.6) is 0 Å². The molecule has 3 N–H and O–H groups in total. The molecule has 0 aliphatic carbocycles. The molecule has 0 radical (unpaired) electrons. The third-order valence-corrected chi connectivity index (χ3v) is 2.71. The first-order valence-corrected chi connectivity index (χ1v) is 4.89. The molecule has 0 amide bonds. The number of hydrogen-bond donors (Lipinski definition) is 3. The van der Waals surface area contributed by atoms with E-state index in [1.165, 1.54) is 0 Å². The van der Waals surface area contributed by atoms with Crippen molar-refractivity contribution in [3.8, 4) is 0 Å². The van der Waals surface area contributed by atoms with E-state index in [1.54, 1.807) is 13.8 Å². The molecule has 2 heterocycles. The molecule has 0 aromatic rings. The summed E-state index contributed by atoms with van der Waals surface area (Å²) in [5, 5.41) is 28.6. The minimum Gasteiger partial charge on any atom is -0.388 e. The second-order valence-corrected chi connectivity index (χ2v) is 4.42. The van der Waals surface area contributed by atoms with Crippen molar-refractivity contribution in [1.29, 1.82) is 0 Å². The summed E-state index contributed by atoms with van der Waals surface area (Å²) >= 11 is 0. The molecule has 2 aliphatic heterocycles. The molecule has 2 fully saturated rings. The summed E-state index contributed by atoms with van der Waals surface area (Å²) in [6, 6.07) is 0. The molecule has 0 aromatic heterocycles. The Morgan fingerprint density at radius 1 is 1.13 bits per heavy atom. The van der Waals surface area contributed by atoms with Crippen LogP contribution < -0.4 is 0 Å². The molecule has 2 aliphatic rings. The van der Waals surface area contributed by atoms with Gasteiger partial charge in [0, 0.05) is 0 Å². The van der Waals surface area contributed by atoms with E-state index in [-0.39, 0.29) is 13.2 Å². The lowest BCUT2D eigenvalue weighted by molar-refractivity contribution is -0.337. The summed E-state index contributed by atoms with van der Waals surface area (Å²) in [6.45, 7) is 3.33. The fourth-order valence-corrected chi connectivity index (χ4v) is 1.85. The normalized spacial score (nSPS) is 49.8. The van der Waals surface area contributed by atoms with E-state index in [0.29, 0.717) is 0 Å². The van der Waals surface area contributed by atoms with Gasteiger partial charge in [0.05, 0.1) is 6.61 Å². The van der Waals surface area contributed by atoms with E-state index in [4.69, 9.17) is 14.2 Å². The van der Waals surface area contributed by atoms with Gasteiger partial charge in [0.1, 0.15) is 24.9 Å². The summed E-state index contributed by atoms with van der Waals surface area (Å²) in [5.41, 5.74) is 0. The Morgan fingerprint density at radius 2 is 1.80 bits per heavy atom. The summed E-state index contributed by atoms with van der Waals surface area (Å²) in [5.74, 6) is -2.22.